The molecule has 6 nitrogen and oxygen atoms in total. The van der Waals surface area contributed by atoms with Gasteiger partial charge in [0.15, 0.2) is 0 Å². The van der Waals surface area contributed by atoms with Crippen molar-refractivity contribution in [1.29, 1.82) is 0 Å². The van der Waals surface area contributed by atoms with Gasteiger partial charge in [-0.2, -0.15) is 0 Å². The van der Waals surface area contributed by atoms with Crippen molar-refractivity contribution in [3.63, 3.8) is 0 Å². The number of benzene rings is 3. The fourth-order valence-corrected chi connectivity index (χ4v) is 4.52. The monoisotopic (exact) mass is 532 g/mol. The molecule has 0 aliphatic carbocycles. The molecule has 1 aliphatic rings. The van der Waals surface area contributed by atoms with Gasteiger partial charge < -0.3 is 20.4 Å². The van der Waals surface area contributed by atoms with Gasteiger partial charge >= 0.3 is 0 Å². The lowest BCUT2D eigenvalue weighted by atomic mass is 10.00. The molecular formula is C28H29BrN4O2. The Bertz CT molecular complexity index is 1250. The first-order valence-corrected chi connectivity index (χ1v) is 12.3. The van der Waals surface area contributed by atoms with Crippen molar-refractivity contribution in [1.82, 2.24) is 4.90 Å². The Labute approximate surface area is 214 Å². The first-order valence-electron chi connectivity index (χ1n) is 11.5. The van der Waals surface area contributed by atoms with Gasteiger partial charge in [0, 0.05) is 34.9 Å². The largest absolute Gasteiger partial charge is 0.354 e. The molecule has 0 atom stereocenters. The average molecular weight is 533 g/mol. The zero-order valence-corrected chi connectivity index (χ0v) is 21.7. The highest BCUT2D eigenvalue weighted by atomic mass is 79.9. The van der Waals surface area contributed by atoms with E-state index in [4.69, 9.17) is 0 Å². The first kappa shape index (κ1) is 24.7. The van der Waals surface area contributed by atoms with Gasteiger partial charge in [-0.05, 0) is 69.0 Å². The van der Waals surface area contributed by atoms with E-state index < -0.39 is 0 Å². The van der Waals surface area contributed by atoms with Gasteiger partial charge in [0.05, 0.1) is 17.0 Å². The normalized spacial score (nSPS) is 13.9. The number of nitrogens with one attached hydrogen (secondary N) is 2. The van der Waals surface area contributed by atoms with Gasteiger partial charge in [-0.15, -0.1) is 0 Å². The molecule has 3 aromatic rings. The van der Waals surface area contributed by atoms with E-state index in [1.165, 1.54) is 0 Å². The maximum atomic E-state index is 13.0. The third-order valence-electron chi connectivity index (χ3n) is 5.85. The fraction of sp³-hybridized carbons (Fsp3) is 0.214. The number of anilines is 3. The zero-order valence-electron chi connectivity index (χ0n) is 20.1. The molecule has 0 aromatic heterocycles. The second-order valence-corrected chi connectivity index (χ2v) is 9.68. The lowest BCUT2D eigenvalue weighted by Gasteiger charge is -2.23. The number of rotatable bonds is 8. The van der Waals surface area contributed by atoms with Crippen LogP contribution in [0.2, 0.25) is 0 Å². The zero-order chi connectivity index (χ0) is 24.9. The molecule has 0 saturated heterocycles. The molecule has 1 aliphatic heterocycles. The van der Waals surface area contributed by atoms with Crippen LogP contribution in [-0.4, -0.2) is 43.9 Å². The van der Waals surface area contributed by atoms with Crippen LogP contribution in [0.1, 0.15) is 24.5 Å². The molecule has 0 radical (unpaired) electrons. The SMILES string of the molecule is CC(=O)N(CCCN(C)C)c1ccc(N/C(=C2\C(=O)Nc3cc(Br)ccc32)c2ccccc2)cc1. The first-order chi connectivity index (χ1) is 16.8. The predicted octanol–water partition coefficient (Wildman–Crippen LogP) is 5.69. The van der Waals surface area contributed by atoms with Crippen LogP contribution in [0.3, 0.4) is 0 Å². The molecule has 2 amide bonds. The van der Waals surface area contributed by atoms with Crippen molar-refractivity contribution in [3.8, 4) is 0 Å². The Morgan fingerprint density at radius 1 is 0.971 bits per heavy atom. The Kier molecular flexibility index (Phi) is 7.68. The van der Waals surface area contributed by atoms with Crippen molar-refractivity contribution in [2.24, 2.45) is 0 Å². The molecule has 0 spiro atoms. The average Bonchev–Trinajstić information content (AvgIpc) is 3.15. The topological polar surface area (TPSA) is 64.7 Å². The van der Waals surface area contributed by atoms with E-state index >= 15 is 0 Å². The van der Waals surface area contributed by atoms with E-state index in [9.17, 15) is 9.59 Å². The number of amides is 2. The third kappa shape index (κ3) is 5.81. The summed E-state index contributed by atoms with van der Waals surface area (Å²) in [4.78, 5) is 29.2. The molecular weight excluding hydrogens is 504 g/mol. The van der Waals surface area contributed by atoms with Gasteiger partial charge in [-0.1, -0.05) is 52.3 Å². The molecule has 2 N–H and O–H groups in total. The third-order valence-corrected chi connectivity index (χ3v) is 6.35. The number of halogens is 1. The highest BCUT2D eigenvalue weighted by Crippen LogP contribution is 2.38. The molecule has 1 heterocycles. The van der Waals surface area contributed by atoms with E-state index in [-0.39, 0.29) is 11.8 Å². The van der Waals surface area contributed by atoms with Gasteiger partial charge in [0.25, 0.3) is 5.91 Å². The Morgan fingerprint density at radius 2 is 1.69 bits per heavy atom. The minimum atomic E-state index is -0.148. The molecule has 0 saturated carbocycles. The Morgan fingerprint density at radius 3 is 2.34 bits per heavy atom. The second-order valence-electron chi connectivity index (χ2n) is 8.76. The minimum absolute atomic E-state index is 0.0157. The second kappa shape index (κ2) is 10.9. The summed E-state index contributed by atoms with van der Waals surface area (Å²) in [6.07, 6.45) is 0.890. The van der Waals surface area contributed by atoms with Crippen LogP contribution in [0.25, 0.3) is 11.3 Å². The predicted molar refractivity (Wildman–Crippen MR) is 147 cm³/mol. The van der Waals surface area contributed by atoms with Crippen molar-refractivity contribution in [3.05, 3.63) is 88.4 Å². The summed E-state index contributed by atoms with van der Waals surface area (Å²) in [5.74, 6) is -0.133. The summed E-state index contributed by atoms with van der Waals surface area (Å²) in [7, 11) is 4.05. The van der Waals surface area contributed by atoms with Crippen LogP contribution >= 0.6 is 15.9 Å². The molecule has 7 heteroatoms. The standard InChI is InChI=1S/C28H29BrN4O2/c1-19(34)33(17-7-16-32(2)3)23-13-11-22(12-14-23)30-27(20-8-5-4-6-9-20)26-24-15-10-21(29)18-25(24)31-28(26)35/h4-6,8-15,18,30H,7,16-17H2,1-3H3,(H,31,35)/b27-26-. The molecule has 3 aromatic carbocycles. The van der Waals surface area contributed by atoms with Crippen LogP contribution in [0.4, 0.5) is 17.1 Å². The quantitative estimate of drug-likeness (QED) is 0.366. The highest BCUT2D eigenvalue weighted by molar-refractivity contribution is 9.10. The molecule has 0 bridgehead atoms. The van der Waals surface area contributed by atoms with Crippen molar-refractivity contribution in [2.45, 2.75) is 13.3 Å². The van der Waals surface area contributed by atoms with Gasteiger partial charge in [0.1, 0.15) is 0 Å². The van der Waals surface area contributed by atoms with Crippen LogP contribution in [0, 0.1) is 0 Å². The van der Waals surface area contributed by atoms with Crippen molar-refractivity contribution < 1.29 is 9.59 Å². The molecule has 180 valence electrons. The summed E-state index contributed by atoms with van der Waals surface area (Å²) in [5, 5.41) is 6.45. The number of carbonyl (C=O) groups is 2. The summed E-state index contributed by atoms with van der Waals surface area (Å²) in [6, 6.07) is 23.4. The van der Waals surface area contributed by atoms with Crippen LogP contribution in [0.5, 0.6) is 0 Å². The molecule has 0 unspecified atom stereocenters. The van der Waals surface area contributed by atoms with Gasteiger partial charge in [-0.3, -0.25) is 9.59 Å². The Balaban J connectivity index is 1.66. The number of hydrogen-bond donors (Lipinski definition) is 2. The number of fused-ring (bicyclic) bond motifs is 1. The van der Waals surface area contributed by atoms with Crippen molar-refractivity contribution in [2.75, 3.05) is 42.7 Å². The fourth-order valence-electron chi connectivity index (χ4n) is 4.16. The van der Waals surface area contributed by atoms with E-state index in [0.717, 1.165) is 51.3 Å². The number of nitrogens with zero attached hydrogens (tertiary/aromatic N) is 2. The number of hydrogen-bond acceptors (Lipinski definition) is 4. The van der Waals surface area contributed by atoms with Crippen LogP contribution in [-0.2, 0) is 9.59 Å². The summed E-state index contributed by atoms with van der Waals surface area (Å²) in [5.41, 5.74) is 5.54. The summed E-state index contributed by atoms with van der Waals surface area (Å²) >= 11 is 3.48. The van der Waals surface area contributed by atoms with E-state index in [0.29, 0.717) is 12.1 Å². The lowest BCUT2D eigenvalue weighted by molar-refractivity contribution is -0.116. The van der Waals surface area contributed by atoms with Gasteiger partial charge in [-0.25, -0.2) is 0 Å². The van der Waals surface area contributed by atoms with Crippen LogP contribution < -0.4 is 15.5 Å². The van der Waals surface area contributed by atoms with E-state index in [1.807, 2.05) is 86.9 Å². The smallest absolute Gasteiger partial charge is 0.258 e. The maximum absolute atomic E-state index is 13.0. The molecule has 0 fully saturated rings. The number of carbonyl (C=O) groups excluding carboxylic acids is 2. The summed E-state index contributed by atoms with van der Waals surface area (Å²) in [6.45, 7) is 3.16. The minimum Gasteiger partial charge on any atom is -0.354 e. The van der Waals surface area contributed by atoms with E-state index in [1.54, 1.807) is 11.8 Å². The maximum Gasteiger partial charge on any atom is 0.258 e. The van der Waals surface area contributed by atoms with Crippen LogP contribution in [0.15, 0.2) is 77.3 Å². The van der Waals surface area contributed by atoms with E-state index in [2.05, 4.69) is 31.5 Å². The molecule has 35 heavy (non-hydrogen) atoms. The van der Waals surface area contributed by atoms with Crippen molar-refractivity contribution >= 4 is 56.1 Å². The Hall–Kier alpha value is -3.42. The highest BCUT2D eigenvalue weighted by Gasteiger charge is 2.28. The van der Waals surface area contributed by atoms with Gasteiger partial charge in [0.2, 0.25) is 5.91 Å². The summed E-state index contributed by atoms with van der Waals surface area (Å²) < 4.78 is 0.906. The lowest BCUT2D eigenvalue weighted by Crippen LogP contribution is -2.31. The molecule has 4 rings (SSSR count).